The first-order valence-corrected chi connectivity index (χ1v) is 3.64. The lowest BCUT2D eigenvalue weighted by molar-refractivity contribution is -0.121. The van der Waals surface area contributed by atoms with Gasteiger partial charge < -0.3 is 27.0 Å². The van der Waals surface area contributed by atoms with Crippen molar-refractivity contribution in [1.29, 1.82) is 5.41 Å². The number of hydrogen-bond acceptors (Lipinski definition) is 4. The maximum atomic E-state index is 10.8. The van der Waals surface area contributed by atoms with Gasteiger partial charge in [0.25, 0.3) is 0 Å². The van der Waals surface area contributed by atoms with Crippen molar-refractivity contribution >= 4 is 11.9 Å². The van der Waals surface area contributed by atoms with Gasteiger partial charge in [-0.3, -0.25) is 10.2 Å². The largest absolute Gasteiger partial charge is 0.396 e. The molecule has 0 fully saturated rings. The van der Waals surface area contributed by atoms with E-state index in [9.17, 15) is 4.79 Å². The molecule has 0 rings (SSSR count). The van der Waals surface area contributed by atoms with Crippen molar-refractivity contribution in [2.24, 2.45) is 17.4 Å². The number of guanidine groups is 1. The van der Waals surface area contributed by atoms with Crippen LogP contribution in [0.15, 0.2) is 0 Å². The van der Waals surface area contributed by atoms with E-state index in [1.54, 1.807) is 0 Å². The zero-order valence-electron chi connectivity index (χ0n) is 7.03. The molecule has 7 heteroatoms. The Morgan fingerprint density at radius 1 is 1.38 bits per heavy atom. The lowest BCUT2D eigenvalue weighted by Gasteiger charge is -2.21. The average molecular weight is 190 g/mol. The predicted molar refractivity (Wildman–Crippen MR) is 45.7 cm³/mol. The van der Waals surface area contributed by atoms with Gasteiger partial charge in [-0.25, -0.2) is 0 Å². The molecule has 1 amide bonds. The normalized spacial score (nSPS) is 12.5. The fourth-order valence-corrected chi connectivity index (χ4v) is 0.857. The van der Waals surface area contributed by atoms with Crippen LogP contribution in [0.4, 0.5) is 0 Å². The van der Waals surface area contributed by atoms with E-state index in [1.807, 2.05) is 0 Å². The third kappa shape index (κ3) is 3.72. The molecule has 8 N–H and O–H groups in total. The van der Waals surface area contributed by atoms with Gasteiger partial charge in [-0.2, -0.15) is 0 Å². The molecule has 0 aromatic heterocycles. The SMILES string of the molecule is N=C(N)NC(C(N)=O)C(CO)CO. The molecular weight excluding hydrogens is 176 g/mol. The molecule has 7 nitrogen and oxygen atoms in total. The number of rotatable bonds is 5. The van der Waals surface area contributed by atoms with Crippen LogP contribution < -0.4 is 16.8 Å². The summed E-state index contributed by atoms with van der Waals surface area (Å²) in [6, 6.07) is -1.02. The van der Waals surface area contributed by atoms with E-state index in [4.69, 9.17) is 27.1 Å². The first kappa shape index (κ1) is 11.7. The summed E-state index contributed by atoms with van der Waals surface area (Å²) >= 11 is 0. The van der Waals surface area contributed by atoms with Crippen LogP contribution in [0.3, 0.4) is 0 Å². The van der Waals surface area contributed by atoms with E-state index in [0.29, 0.717) is 0 Å². The Balaban J connectivity index is 4.38. The van der Waals surface area contributed by atoms with Crippen molar-refractivity contribution in [3.8, 4) is 0 Å². The number of hydrogen-bond donors (Lipinski definition) is 6. The highest BCUT2D eigenvalue weighted by molar-refractivity contribution is 5.86. The second-order valence-corrected chi connectivity index (χ2v) is 2.56. The Morgan fingerprint density at radius 2 is 1.85 bits per heavy atom. The number of carbonyl (C=O) groups excluding carboxylic acids is 1. The van der Waals surface area contributed by atoms with Gasteiger partial charge in [0.15, 0.2) is 5.96 Å². The monoisotopic (exact) mass is 190 g/mol. The molecular formula is C6H14N4O3. The first-order valence-electron chi connectivity index (χ1n) is 3.64. The Hall–Kier alpha value is -1.34. The quantitative estimate of drug-likeness (QED) is 0.201. The lowest BCUT2D eigenvalue weighted by Crippen LogP contribution is -2.53. The van der Waals surface area contributed by atoms with Gasteiger partial charge >= 0.3 is 0 Å². The number of amides is 1. The molecule has 1 unspecified atom stereocenters. The topological polar surface area (TPSA) is 145 Å². The highest BCUT2D eigenvalue weighted by atomic mass is 16.3. The van der Waals surface area contributed by atoms with Crippen LogP contribution in [0.25, 0.3) is 0 Å². The van der Waals surface area contributed by atoms with Crippen LogP contribution in [0.1, 0.15) is 0 Å². The molecule has 0 aliphatic rings. The molecule has 13 heavy (non-hydrogen) atoms. The van der Waals surface area contributed by atoms with Gasteiger partial charge in [-0.1, -0.05) is 0 Å². The third-order valence-corrected chi connectivity index (χ3v) is 1.56. The average Bonchev–Trinajstić information content (AvgIpc) is 2.04. The molecule has 0 radical (unpaired) electrons. The van der Waals surface area contributed by atoms with Gasteiger partial charge in [0.05, 0.1) is 13.2 Å². The minimum Gasteiger partial charge on any atom is -0.396 e. The van der Waals surface area contributed by atoms with E-state index < -0.39 is 37.0 Å². The molecule has 0 saturated heterocycles. The Labute approximate surface area is 75.2 Å². The molecule has 1 atom stereocenters. The van der Waals surface area contributed by atoms with E-state index in [-0.39, 0.29) is 0 Å². The van der Waals surface area contributed by atoms with Gasteiger partial charge in [-0.15, -0.1) is 0 Å². The number of primary amides is 1. The third-order valence-electron chi connectivity index (χ3n) is 1.56. The summed E-state index contributed by atoms with van der Waals surface area (Å²) in [5.74, 6) is -1.96. The van der Waals surface area contributed by atoms with Crippen molar-refractivity contribution in [2.45, 2.75) is 6.04 Å². The van der Waals surface area contributed by atoms with Gasteiger partial charge in [0.1, 0.15) is 6.04 Å². The highest BCUT2D eigenvalue weighted by Gasteiger charge is 2.25. The number of carbonyl (C=O) groups is 1. The van der Waals surface area contributed by atoms with Crippen LogP contribution in [0.2, 0.25) is 0 Å². The second kappa shape index (κ2) is 5.33. The molecule has 0 spiro atoms. The molecule has 0 aromatic rings. The van der Waals surface area contributed by atoms with Crippen molar-refractivity contribution in [1.82, 2.24) is 5.32 Å². The van der Waals surface area contributed by atoms with E-state index in [1.165, 1.54) is 0 Å². The molecule has 0 bridgehead atoms. The van der Waals surface area contributed by atoms with E-state index in [0.717, 1.165) is 0 Å². The van der Waals surface area contributed by atoms with Crippen molar-refractivity contribution < 1.29 is 15.0 Å². The Morgan fingerprint density at radius 3 is 2.08 bits per heavy atom. The van der Waals surface area contributed by atoms with Gasteiger partial charge in [-0.05, 0) is 0 Å². The molecule has 0 aromatic carbocycles. The lowest BCUT2D eigenvalue weighted by atomic mass is 10.0. The van der Waals surface area contributed by atoms with Crippen molar-refractivity contribution in [3.05, 3.63) is 0 Å². The summed E-state index contributed by atoms with van der Waals surface area (Å²) in [5.41, 5.74) is 9.94. The van der Waals surface area contributed by atoms with Crippen LogP contribution in [0.5, 0.6) is 0 Å². The van der Waals surface area contributed by atoms with Crippen LogP contribution in [-0.2, 0) is 4.79 Å². The zero-order valence-corrected chi connectivity index (χ0v) is 7.03. The fraction of sp³-hybridized carbons (Fsp3) is 0.667. The van der Waals surface area contributed by atoms with Crippen molar-refractivity contribution in [2.75, 3.05) is 13.2 Å². The first-order chi connectivity index (χ1) is 6.02. The van der Waals surface area contributed by atoms with Gasteiger partial charge in [0, 0.05) is 5.92 Å². The summed E-state index contributed by atoms with van der Waals surface area (Å²) in [5, 5.41) is 26.6. The summed E-state index contributed by atoms with van der Waals surface area (Å²) in [6.07, 6.45) is 0. The number of nitrogens with one attached hydrogen (secondary N) is 2. The fourth-order valence-electron chi connectivity index (χ4n) is 0.857. The minimum absolute atomic E-state index is 0.412. The highest BCUT2D eigenvalue weighted by Crippen LogP contribution is 2.01. The molecule has 0 saturated carbocycles. The minimum atomic E-state index is -1.02. The predicted octanol–water partition coefficient (Wildman–Crippen LogP) is -3.08. The maximum Gasteiger partial charge on any atom is 0.240 e. The van der Waals surface area contributed by atoms with Crippen LogP contribution in [-0.4, -0.2) is 41.3 Å². The maximum absolute atomic E-state index is 10.8. The second-order valence-electron chi connectivity index (χ2n) is 2.56. The molecule has 76 valence electrons. The van der Waals surface area contributed by atoms with Gasteiger partial charge in [0.2, 0.25) is 5.91 Å². The molecule has 0 aliphatic carbocycles. The Bertz CT molecular complexity index is 192. The van der Waals surface area contributed by atoms with Crippen LogP contribution >= 0.6 is 0 Å². The van der Waals surface area contributed by atoms with E-state index >= 15 is 0 Å². The standard InChI is InChI=1S/C6H14N4O3/c7-5(13)4(10-6(8)9)3(1-11)2-12/h3-4,11-12H,1-2H2,(H2,7,13)(H4,8,9,10). The summed E-state index contributed by atoms with van der Waals surface area (Å²) < 4.78 is 0. The number of aliphatic hydroxyl groups is 2. The number of nitrogens with two attached hydrogens (primary N) is 2. The molecule has 0 aliphatic heterocycles. The summed E-state index contributed by atoms with van der Waals surface area (Å²) in [7, 11) is 0. The summed E-state index contributed by atoms with van der Waals surface area (Å²) in [6.45, 7) is -0.825. The smallest absolute Gasteiger partial charge is 0.240 e. The number of aliphatic hydroxyl groups excluding tert-OH is 2. The van der Waals surface area contributed by atoms with E-state index in [2.05, 4.69) is 5.32 Å². The van der Waals surface area contributed by atoms with Crippen LogP contribution in [0, 0.1) is 11.3 Å². The molecule has 0 heterocycles. The van der Waals surface area contributed by atoms with Crippen molar-refractivity contribution in [3.63, 3.8) is 0 Å². The Kier molecular flexibility index (Phi) is 4.78. The zero-order chi connectivity index (χ0) is 10.4. The summed E-state index contributed by atoms with van der Waals surface area (Å²) in [4.78, 5) is 10.8.